The fraction of sp³-hybridized carbons (Fsp3) is 0.368. The fourth-order valence-corrected chi connectivity index (χ4v) is 4.06. The number of methoxy groups -OCH3 is 1. The zero-order valence-corrected chi connectivity index (χ0v) is 15.8. The van der Waals surface area contributed by atoms with E-state index in [1.54, 1.807) is 23.0 Å². The highest BCUT2D eigenvalue weighted by atomic mass is 32.1. The number of nitrogens with zero attached hydrogens (tertiary/aromatic N) is 2. The average molecular weight is 358 g/mol. The minimum Gasteiger partial charge on any atom is -0.494 e. The van der Waals surface area contributed by atoms with E-state index >= 15 is 0 Å². The van der Waals surface area contributed by atoms with Gasteiger partial charge in [0.15, 0.2) is 0 Å². The third kappa shape index (κ3) is 3.32. The molecule has 0 bridgehead atoms. The van der Waals surface area contributed by atoms with E-state index in [0.29, 0.717) is 31.0 Å². The van der Waals surface area contributed by atoms with Gasteiger partial charge in [-0.05, 0) is 38.5 Å². The Morgan fingerprint density at radius 1 is 1.20 bits per heavy atom. The van der Waals surface area contributed by atoms with Crippen molar-refractivity contribution in [1.82, 2.24) is 9.55 Å². The van der Waals surface area contributed by atoms with Crippen LogP contribution in [-0.2, 0) is 11.3 Å². The highest BCUT2D eigenvalue weighted by molar-refractivity contribution is 7.19. The number of thiophene rings is 1. The molecule has 0 radical (unpaired) electrons. The second kappa shape index (κ2) is 7.37. The van der Waals surface area contributed by atoms with Gasteiger partial charge in [-0.1, -0.05) is 12.1 Å². The van der Waals surface area contributed by atoms with Gasteiger partial charge in [0.05, 0.1) is 25.1 Å². The number of aromatic nitrogens is 2. The molecule has 0 saturated carbocycles. The third-order valence-corrected chi connectivity index (χ3v) is 5.15. The lowest BCUT2D eigenvalue weighted by atomic mass is 10.0. The Labute approximate surface area is 150 Å². The van der Waals surface area contributed by atoms with Crippen LogP contribution in [0.3, 0.4) is 0 Å². The number of rotatable bonds is 6. The Morgan fingerprint density at radius 3 is 2.56 bits per heavy atom. The molecule has 1 aromatic carbocycles. The Balaban J connectivity index is 2.17. The first-order valence-electron chi connectivity index (χ1n) is 8.29. The molecule has 0 aliphatic carbocycles. The number of hydrogen-bond donors (Lipinski definition) is 0. The third-order valence-electron chi connectivity index (χ3n) is 4.15. The standard InChI is InChI=1S/C19H22N2O3S/c1-5-24-15-8-6-14(7-9-15)16-12(2)25-18-17(16)19(22)21(10-11-23-4)13(3)20-18/h6-9H,5,10-11H2,1-4H3. The van der Waals surface area contributed by atoms with Crippen molar-refractivity contribution in [2.75, 3.05) is 20.3 Å². The topological polar surface area (TPSA) is 53.4 Å². The molecular formula is C19H22N2O3S. The quantitative estimate of drug-likeness (QED) is 0.673. The molecule has 0 N–H and O–H groups in total. The van der Waals surface area contributed by atoms with Crippen LogP contribution in [-0.4, -0.2) is 29.9 Å². The molecule has 3 aromatic rings. The highest BCUT2D eigenvalue weighted by Crippen LogP contribution is 2.36. The van der Waals surface area contributed by atoms with Gasteiger partial charge in [0.1, 0.15) is 16.4 Å². The van der Waals surface area contributed by atoms with Crippen molar-refractivity contribution in [3.05, 3.63) is 45.3 Å². The molecular weight excluding hydrogens is 336 g/mol. The first-order valence-corrected chi connectivity index (χ1v) is 9.11. The summed E-state index contributed by atoms with van der Waals surface area (Å²) in [6, 6.07) is 7.87. The predicted octanol–water partition coefficient (Wildman–Crippen LogP) is 3.79. The molecule has 3 rings (SSSR count). The van der Waals surface area contributed by atoms with Gasteiger partial charge < -0.3 is 9.47 Å². The summed E-state index contributed by atoms with van der Waals surface area (Å²) in [6.45, 7) is 7.47. The van der Waals surface area contributed by atoms with Crippen LogP contribution in [0.15, 0.2) is 29.1 Å². The first kappa shape index (κ1) is 17.6. The van der Waals surface area contributed by atoms with Crippen LogP contribution in [0.2, 0.25) is 0 Å². The number of ether oxygens (including phenoxy) is 2. The molecule has 25 heavy (non-hydrogen) atoms. The van der Waals surface area contributed by atoms with Gasteiger partial charge >= 0.3 is 0 Å². The number of hydrogen-bond acceptors (Lipinski definition) is 5. The van der Waals surface area contributed by atoms with E-state index in [1.807, 2.05) is 45.0 Å². The summed E-state index contributed by atoms with van der Waals surface area (Å²) in [5.41, 5.74) is 1.97. The van der Waals surface area contributed by atoms with Gasteiger partial charge in [-0.2, -0.15) is 0 Å². The molecule has 2 aromatic heterocycles. The molecule has 0 aliphatic heterocycles. The van der Waals surface area contributed by atoms with Crippen molar-refractivity contribution in [2.24, 2.45) is 0 Å². The molecule has 0 aliphatic rings. The molecule has 0 saturated heterocycles. The summed E-state index contributed by atoms with van der Waals surface area (Å²) in [4.78, 5) is 19.6. The smallest absolute Gasteiger partial charge is 0.262 e. The van der Waals surface area contributed by atoms with Gasteiger partial charge in [-0.3, -0.25) is 9.36 Å². The lowest BCUT2D eigenvalue weighted by molar-refractivity contribution is 0.185. The highest BCUT2D eigenvalue weighted by Gasteiger charge is 2.18. The molecule has 0 fully saturated rings. The molecule has 0 spiro atoms. The second-order valence-corrected chi connectivity index (χ2v) is 6.98. The fourth-order valence-electron chi connectivity index (χ4n) is 2.97. The van der Waals surface area contributed by atoms with Crippen molar-refractivity contribution in [1.29, 1.82) is 0 Å². The molecule has 5 nitrogen and oxygen atoms in total. The van der Waals surface area contributed by atoms with Crippen molar-refractivity contribution >= 4 is 21.6 Å². The molecule has 0 unspecified atom stereocenters. The monoisotopic (exact) mass is 358 g/mol. The maximum absolute atomic E-state index is 13.1. The van der Waals surface area contributed by atoms with Gasteiger partial charge in [0, 0.05) is 17.6 Å². The van der Waals surface area contributed by atoms with E-state index in [2.05, 4.69) is 4.98 Å². The Morgan fingerprint density at radius 2 is 1.92 bits per heavy atom. The van der Waals surface area contributed by atoms with E-state index < -0.39 is 0 Å². The van der Waals surface area contributed by atoms with E-state index in [-0.39, 0.29) is 5.56 Å². The van der Waals surface area contributed by atoms with Crippen LogP contribution < -0.4 is 10.3 Å². The SMILES string of the molecule is CCOc1ccc(-c2c(C)sc3nc(C)n(CCOC)c(=O)c23)cc1. The number of aryl methyl sites for hydroxylation is 2. The van der Waals surface area contributed by atoms with Crippen LogP contribution in [0.4, 0.5) is 0 Å². The van der Waals surface area contributed by atoms with Crippen LogP contribution in [0.1, 0.15) is 17.6 Å². The predicted molar refractivity (Wildman–Crippen MR) is 102 cm³/mol. The van der Waals surface area contributed by atoms with Gasteiger partial charge in [-0.15, -0.1) is 11.3 Å². The van der Waals surface area contributed by atoms with Gasteiger partial charge in [-0.25, -0.2) is 4.98 Å². The Kier molecular flexibility index (Phi) is 5.20. The van der Waals surface area contributed by atoms with E-state index in [0.717, 1.165) is 26.6 Å². The second-order valence-electron chi connectivity index (χ2n) is 5.78. The van der Waals surface area contributed by atoms with Gasteiger partial charge in [0.25, 0.3) is 5.56 Å². The van der Waals surface area contributed by atoms with Crippen molar-refractivity contribution < 1.29 is 9.47 Å². The first-order chi connectivity index (χ1) is 12.1. The summed E-state index contributed by atoms with van der Waals surface area (Å²) in [5.74, 6) is 1.55. The molecule has 2 heterocycles. The summed E-state index contributed by atoms with van der Waals surface area (Å²) < 4.78 is 12.3. The van der Waals surface area contributed by atoms with Crippen LogP contribution >= 0.6 is 11.3 Å². The summed E-state index contributed by atoms with van der Waals surface area (Å²) in [7, 11) is 1.63. The van der Waals surface area contributed by atoms with Crippen molar-refractivity contribution in [3.8, 4) is 16.9 Å². The minimum absolute atomic E-state index is 0.00668. The van der Waals surface area contributed by atoms with Crippen LogP contribution in [0.25, 0.3) is 21.3 Å². The van der Waals surface area contributed by atoms with Gasteiger partial charge in [0.2, 0.25) is 0 Å². The maximum atomic E-state index is 13.1. The molecule has 0 atom stereocenters. The van der Waals surface area contributed by atoms with Crippen molar-refractivity contribution in [2.45, 2.75) is 27.3 Å². The zero-order valence-electron chi connectivity index (χ0n) is 15.0. The number of benzene rings is 1. The maximum Gasteiger partial charge on any atom is 0.262 e. The summed E-state index contributed by atoms with van der Waals surface area (Å²) in [6.07, 6.45) is 0. The Bertz CT molecular complexity index is 942. The van der Waals surface area contributed by atoms with E-state index in [9.17, 15) is 4.79 Å². The largest absolute Gasteiger partial charge is 0.494 e. The average Bonchev–Trinajstić information content (AvgIpc) is 2.92. The molecule has 132 valence electrons. The summed E-state index contributed by atoms with van der Waals surface area (Å²) in [5, 5.41) is 0.688. The Hall–Kier alpha value is -2.18. The lowest BCUT2D eigenvalue weighted by Gasteiger charge is -2.10. The lowest BCUT2D eigenvalue weighted by Crippen LogP contribution is -2.25. The molecule has 0 amide bonds. The minimum atomic E-state index is -0.00668. The molecule has 6 heteroatoms. The zero-order chi connectivity index (χ0) is 18.0. The van der Waals surface area contributed by atoms with Crippen LogP contribution in [0, 0.1) is 13.8 Å². The van der Waals surface area contributed by atoms with Crippen molar-refractivity contribution in [3.63, 3.8) is 0 Å². The summed E-state index contributed by atoms with van der Waals surface area (Å²) >= 11 is 1.56. The number of fused-ring (bicyclic) bond motifs is 1. The van der Waals surface area contributed by atoms with Crippen LogP contribution in [0.5, 0.6) is 5.75 Å². The normalized spacial score (nSPS) is 11.2. The van der Waals surface area contributed by atoms with E-state index in [1.165, 1.54) is 0 Å². The van der Waals surface area contributed by atoms with E-state index in [4.69, 9.17) is 9.47 Å².